The molecular weight excluding hydrogens is 270 g/mol. The Morgan fingerprint density at radius 3 is 2.71 bits per heavy atom. The van der Waals surface area contributed by atoms with E-state index >= 15 is 0 Å². The number of benzene rings is 1. The first-order valence-electron chi connectivity index (χ1n) is 7.24. The first kappa shape index (κ1) is 15.5. The van der Waals surface area contributed by atoms with Crippen LogP contribution in [0.5, 0.6) is 0 Å². The van der Waals surface area contributed by atoms with Crippen LogP contribution < -0.4 is 0 Å². The highest BCUT2D eigenvalue weighted by atomic mass is 16.5. The number of morpholine rings is 1. The molecular formula is C16H21NO4. The molecule has 2 rings (SSSR count). The third-order valence-electron chi connectivity index (χ3n) is 3.67. The molecule has 1 heterocycles. The minimum atomic E-state index is -1.01. The van der Waals surface area contributed by atoms with Crippen LogP contribution in [0.2, 0.25) is 0 Å². The predicted molar refractivity (Wildman–Crippen MR) is 78.1 cm³/mol. The molecule has 0 radical (unpaired) electrons. The number of hydrogen-bond donors (Lipinski definition) is 1. The molecule has 1 aromatic carbocycles. The lowest BCUT2D eigenvalue weighted by atomic mass is 10.1. The summed E-state index contributed by atoms with van der Waals surface area (Å²) >= 11 is 0. The van der Waals surface area contributed by atoms with E-state index in [4.69, 9.17) is 9.84 Å². The maximum atomic E-state index is 12.1. The quantitative estimate of drug-likeness (QED) is 0.895. The molecule has 1 aliphatic rings. The van der Waals surface area contributed by atoms with E-state index in [1.807, 2.05) is 6.92 Å². The maximum absolute atomic E-state index is 12.1. The molecule has 1 N–H and O–H groups in total. The van der Waals surface area contributed by atoms with E-state index in [0.717, 1.165) is 12.8 Å². The van der Waals surface area contributed by atoms with Gasteiger partial charge in [0.05, 0.1) is 13.2 Å². The molecule has 5 heteroatoms. The molecule has 0 aromatic heterocycles. The van der Waals surface area contributed by atoms with Gasteiger partial charge in [-0.15, -0.1) is 0 Å². The largest absolute Gasteiger partial charge is 0.479 e. The van der Waals surface area contributed by atoms with Gasteiger partial charge < -0.3 is 14.7 Å². The SMILES string of the molecule is Cc1ccc(CCCC(=O)N2CCO[C@H](C(=O)O)C2)cc1. The molecule has 114 valence electrons. The van der Waals surface area contributed by atoms with Gasteiger partial charge in [-0.25, -0.2) is 4.79 Å². The number of amides is 1. The minimum Gasteiger partial charge on any atom is -0.479 e. The van der Waals surface area contributed by atoms with Gasteiger partial charge in [0.1, 0.15) is 0 Å². The van der Waals surface area contributed by atoms with E-state index < -0.39 is 12.1 Å². The molecule has 0 saturated carbocycles. The van der Waals surface area contributed by atoms with Crippen LogP contribution in [0.1, 0.15) is 24.0 Å². The number of carboxylic acids is 1. The summed E-state index contributed by atoms with van der Waals surface area (Å²) in [6.45, 7) is 2.97. The lowest BCUT2D eigenvalue weighted by molar-refractivity contribution is -0.159. The Morgan fingerprint density at radius 1 is 1.33 bits per heavy atom. The number of rotatable bonds is 5. The van der Waals surface area contributed by atoms with Crippen molar-refractivity contribution in [2.24, 2.45) is 0 Å². The monoisotopic (exact) mass is 291 g/mol. The number of aliphatic carboxylic acids is 1. The third-order valence-corrected chi connectivity index (χ3v) is 3.67. The summed E-state index contributed by atoms with van der Waals surface area (Å²) in [5.41, 5.74) is 2.45. The van der Waals surface area contributed by atoms with Gasteiger partial charge in [-0.2, -0.15) is 0 Å². The second-order valence-corrected chi connectivity index (χ2v) is 5.38. The standard InChI is InChI=1S/C16H21NO4/c1-12-5-7-13(8-6-12)3-2-4-15(18)17-9-10-21-14(11-17)16(19)20/h5-8,14H,2-4,9-11H2,1H3,(H,19,20)/t14-/m0/s1. The second-order valence-electron chi connectivity index (χ2n) is 5.38. The molecule has 1 atom stereocenters. The van der Waals surface area contributed by atoms with Gasteiger partial charge in [0.25, 0.3) is 0 Å². The highest BCUT2D eigenvalue weighted by Crippen LogP contribution is 2.11. The second kappa shape index (κ2) is 7.22. The predicted octanol–water partition coefficient (Wildman–Crippen LogP) is 1.63. The zero-order valence-corrected chi connectivity index (χ0v) is 12.2. The lowest BCUT2D eigenvalue weighted by Gasteiger charge is -2.30. The van der Waals surface area contributed by atoms with Crippen LogP contribution in [0.3, 0.4) is 0 Å². The summed E-state index contributed by atoms with van der Waals surface area (Å²) in [5.74, 6) is -0.996. The highest BCUT2D eigenvalue weighted by Gasteiger charge is 2.28. The van der Waals surface area contributed by atoms with Gasteiger partial charge in [-0.3, -0.25) is 4.79 Å². The molecule has 0 bridgehead atoms. The smallest absolute Gasteiger partial charge is 0.334 e. The fourth-order valence-corrected chi connectivity index (χ4v) is 2.38. The number of ether oxygens (including phenoxy) is 1. The number of aryl methyl sites for hydroxylation is 2. The molecule has 0 unspecified atom stereocenters. The van der Waals surface area contributed by atoms with E-state index in [-0.39, 0.29) is 12.5 Å². The van der Waals surface area contributed by atoms with Crippen molar-refractivity contribution in [3.63, 3.8) is 0 Å². The van der Waals surface area contributed by atoms with E-state index in [1.54, 1.807) is 4.90 Å². The van der Waals surface area contributed by atoms with Gasteiger partial charge in [0.15, 0.2) is 6.10 Å². The van der Waals surface area contributed by atoms with Crippen LogP contribution in [0, 0.1) is 6.92 Å². The van der Waals surface area contributed by atoms with Crippen molar-refractivity contribution in [3.8, 4) is 0 Å². The molecule has 21 heavy (non-hydrogen) atoms. The van der Waals surface area contributed by atoms with Gasteiger partial charge in [-0.05, 0) is 25.3 Å². The maximum Gasteiger partial charge on any atom is 0.334 e. The van der Waals surface area contributed by atoms with Crippen LogP contribution >= 0.6 is 0 Å². The lowest BCUT2D eigenvalue weighted by Crippen LogP contribution is -2.48. The summed E-state index contributed by atoms with van der Waals surface area (Å²) in [6, 6.07) is 8.29. The number of carboxylic acid groups (broad SMARTS) is 1. The zero-order chi connectivity index (χ0) is 15.2. The first-order valence-corrected chi connectivity index (χ1v) is 7.24. The van der Waals surface area contributed by atoms with Crippen molar-refractivity contribution in [2.75, 3.05) is 19.7 Å². The van der Waals surface area contributed by atoms with Gasteiger partial charge in [-0.1, -0.05) is 29.8 Å². The van der Waals surface area contributed by atoms with Crippen LogP contribution in [-0.2, 0) is 20.7 Å². The Morgan fingerprint density at radius 2 is 2.05 bits per heavy atom. The van der Waals surface area contributed by atoms with Crippen molar-refractivity contribution in [1.82, 2.24) is 4.90 Å². The summed E-state index contributed by atoms with van der Waals surface area (Å²) in [7, 11) is 0. The fourth-order valence-electron chi connectivity index (χ4n) is 2.38. The van der Waals surface area contributed by atoms with Crippen molar-refractivity contribution in [1.29, 1.82) is 0 Å². The molecule has 1 aromatic rings. The average Bonchev–Trinajstić information content (AvgIpc) is 2.49. The molecule has 1 fully saturated rings. The summed E-state index contributed by atoms with van der Waals surface area (Å²) in [6.07, 6.45) is 1.19. The number of carbonyl (C=O) groups excluding carboxylic acids is 1. The van der Waals surface area contributed by atoms with E-state index in [1.165, 1.54) is 11.1 Å². The number of carbonyl (C=O) groups is 2. The Labute approximate surface area is 124 Å². The zero-order valence-electron chi connectivity index (χ0n) is 12.2. The molecule has 0 spiro atoms. The number of hydrogen-bond acceptors (Lipinski definition) is 3. The number of nitrogens with zero attached hydrogens (tertiary/aromatic N) is 1. The summed E-state index contributed by atoms with van der Waals surface area (Å²) < 4.78 is 5.11. The van der Waals surface area contributed by atoms with Crippen LogP contribution in [0.25, 0.3) is 0 Å². The van der Waals surface area contributed by atoms with Crippen LogP contribution in [-0.4, -0.2) is 47.7 Å². The molecule has 5 nitrogen and oxygen atoms in total. The van der Waals surface area contributed by atoms with E-state index in [2.05, 4.69) is 24.3 Å². The summed E-state index contributed by atoms with van der Waals surface area (Å²) in [4.78, 5) is 24.6. The highest BCUT2D eigenvalue weighted by molar-refractivity contribution is 5.78. The Balaban J connectivity index is 1.76. The van der Waals surface area contributed by atoms with Gasteiger partial charge in [0, 0.05) is 13.0 Å². The van der Waals surface area contributed by atoms with Crippen LogP contribution in [0.4, 0.5) is 0 Å². The normalized spacial score (nSPS) is 18.5. The van der Waals surface area contributed by atoms with Gasteiger partial charge in [0.2, 0.25) is 5.91 Å². The topological polar surface area (TPSA) is 66.8 Å². The Hall–Kier alpha value is -1.88. The van der Waals surface area contributed by atoms with Crippen molar-refractivity contribution in [2.45, 2.75) is 32.3 Å². The summed E-state index contributed by atoms with van der Waals surface area (Å²) in [5, 5.41) is 8.92. The molecule has 1 saturated heterocycles. The molecule has 1 amide bonds. The first-order chi connectivity index (χ1) is 10.1. The minimum absolute atomic E-state index is 0.0108. The van der Waals surface area contributed by atoms with E-state index in [9.17, 15) is 9.59 Å². The fraction of sp³-hybridized carbons (Fsp3) is 0.500. The Bertz CT molecular complexity index is 498. The third kappa shape index (κ3) is 4.56. The van der Waals surface area contributed by atoms with Crippen molar-refractivity contribution < 1.29 is 19.4 Å². The molecule has 1 aliphatic heterocycles. The van der Waals surface area contributed by atoms with E-state index in [0.29, 0.717) is 19.6 Å². The van der Waals surface area contributed by atoms with Gasteiger partial charge >= 0.3 is 5.97 Å². The van der Waals surface area contributed by atoms with Crippen molar-refractivity contribution in [3.05, 3.63) is 35.4 Å². The molecule has 0 aliphatic carbocycles. The van der Waals surface area contributed by atoms with Crippen molar-refractivity contribution >= 4 is 11.9 Å². The Kier molecular flexibility index (Phi) is 5.33. The van der Waals surface area contributed by atoms with Crippen LogP contribution in [0.15, 0.2) is 24.3 Å². The average molecular weight is 291 g/mol.